The van der Waals surface area contributed by atoms with E-state index in [1.807, 2.05) is 0 Å². The highest BCUT2D eigenvalue weighted by Gasteiger charge is 2.36. The topological polar surface area (TPSA) is 122 Å². The third-order valence-electron chi connectivity index (χ3n) is 5.67. The first-order valence-corrected chi connectivity index (χ1v) is 10.3. The molecule has 1 atom stereocenters. The Labute approximate surface area is 186 Å². The minimum atomic E-state index is -4.52. The average Bonchev–Trinajstić information content (AvgIpc) is 3.09. The average molecular weight is 462 g/mol. The molecule has 3 heterocycles. The predicted octanol–water partition coefficient (Wildman–Crippen LogP) is 2.35. The number of benzene rings is 1. The van der Waals surface area contributed by atoms with Crippen LogP contribution in [-0.4, -0.2) is 57.2 Å². The molecule has 0 spiro atoms. The molecule has 174 valence electrons. The predicted molar refractivity (Wildman–Crippen MR) is 110 cm³/mol. The van der Waals surface area contributed by atoms with E-state index in [0.717, 1.165) is 23.5 Å². The molecule has 4 rings (SSSR count). The number of hydrogen-bond donors (Lipinski definition) is 2. The fourth-order valence-electron chi connectivity index (χ4n) is 4.13. The number of halogens is 3. The summed E-state index contributed by atoms with van der Waals surface area (Å²) >= 11 is 0. The Morgan fingerprint density at radius 1 is 1.24 bits per heavy atom. The fraction of sp³-hybridized carbons (Fsp3) is 0.381. The van der Waals surface area contributed by atoms with Gasteiger partial charge in [0.2, 0.25) is 17.8 Å². The van der Waals surface area contributed by atoms with Crippen molar-refractivity contribution in [3.8, 4) is 11.1 Å². The Balaban J connectivity index is 1.68. The Morgan fingerprint density at radius 3 is 2.73 bits per heavy atom. The third kappa shape index (κ3) is 4.73. The third-order valence-corrected chi connectivity index (χ3v) is 5.67. The maximum absolute atomic E-state index is 13.3. The van der Waals surface area contributed by atoms with Crippen molar-refractivity contribution in [1.82, 2.24) is 25.1 Å². The van der Waals surface area contributed by atoms with Crippen molar-refractivity contribution in [2.75, 3.05) is 25.4 Å². The molecule has 9 nitrogen and oxygen atoms in total. The summed E-state index contributed by atoms with van der Waals surface area (Å²) in [5, 5.41) is 2.12. The van der Waals surface area contributed by atoms with Gasteiger partial charge in [-0.15, -0.1) is 0 Å². The Kier molecular flexibility index (Phi) is 5.91. The summed E-state index contributed by atoms with van der Waals surface area (Å²) in [6.45, 7) is -0.134. The van der Waals surface area contributed by atoms with E-state index in [0.29, 0.717) is 30.6 Å². The van der Waals surface area contributed by atoms with Gasteiger partial charge < -0.3 is 15.5 Å². The van der Waals surface area contributed by atoms with Crippen LogP contribution in [0.2, 0.25) is 0 Å². The maximum atomic E-state index is 13.3. The largest absolute Gasteiger partial charge is 0.416 e. The first-order chi connectivity index (χ1) is 15.6. The quantitative estimate of drug-likeness (QED) is 0.673. The molecule has 12 heteroatoms. The molecular weight excluding hydrogens is 441 g/mol. The fourth-order valence-corrected chi connectivity index (χ4v) is 4.13. The number of anilines is 1. The van der Waals surface area contributed by atoms with Crippen LogP contribution in [0.3, 0.4) is 0 Å². The molecule has 0 saturated carbocycles. The summed E-state index contributed by atoms with van der Waals surface area (Å²) in [6, 6.07) is 3.59. The second kappa shape index (κ2) is 8.68. The van der Waals surface area contributed by atoms with E-state index in [4.69, 9.17) is 5.73 Å². The number of carbonyl (C=O) groups excluding carboxylic acids is 3. The molecule has 2 aliphatic rings. The zero-order valence-corrected chi connectivity index (χ0v) is 17.4. The van der Waals surface area contributed by atoms with Gasteiger partial charge in [0.1, 0.15) is 13.1 Å². The lowest BCUT2D eigenvalue weighted by atomic mass is 9.93. The molecule has 1 aromatic carbocycles. The van der Waals surface area contributed by atoms with Gasteiger partial charge in [0.15, 0.2) is 0 Å². The highest BCUT2D eigenvalue weighted by atomic mass is 19.4. The number of carbonyl (C=O) groups is 3. The number of likely N-dealkylation sites (tertiary alicyclic amines) is 1. The summed E-state index contributed by atoms with van der Waals surface area (Å²) in [5.74, 6) is -0.946. The second-order valence-electron chi connectivity index (χ2n) is 7.91. The van der Waals surface area contributed by atoms with Gasteiger partial charge in [-0.1, -0.05) is 12.1 Å². The van der Waals surface area contributed by atoms with E-state index in [-0.39, 0.29) is 24.6 Å². The number of urea groups is 1. The van der Waals surface area contributed by atoms with Crippen LogP contribution < -0.4 is 11.1 Å². The van der Waals surface area contributed by atoms with Crippen LogP contribution >= 0.6 is 0 Å². The molecule has 0 radical (unpaired) electrons. The number of nitrogens with two attached hydrogens (primary N) is 1. The van der Waals surface area contributed by atoms with E-state index in [1.165, 1.54) is 18.3 Å². The molecular formula is C21H21F3N6O3. The van der Waals surface area contributed by atoms with E-state index < -0.39 is 35.6 Å². The molecule has 2 saturated heterocycles. The van der Waals surface area contributed by atoms with Crippen LogP contribution in [0.15, 0.2) is 30.5 Å². The van der Waals surface area contributed by atoms with E-state index in [9.17, 15) is 27.6 Å². The van der Waals surface area contributed by atoms with Crippen LogP contribution in [0.25, 0.3) is 11.1 Å². The second-order valence-corrected chi connectivity index (χ2v) is 7.91. The first kappa shape index (κ1) is 22.5. The van der Waals surface area contributed by atoms with E-state index in [2.05, 4.69) is 15.3 Å². The molecule has 2 aliphatic heterocycles. The van der Waals surface area contributed by atoms with Gasteiger partial charge in [0, 0.05) is 18.3 Å². The monoisotopic (exact) mass is 462 g/mol. The number of nitrogens with zero attached hydrogens (tertiary/aromatic N) is 4. The Morgan fingerprint density at radius 2 is 2.03 bits per heavy atom. The van der Waals surface area contributed by atoms with Gasteiger partial charge in [-0.05, 0) is 37.0 Å². The van der Waals surface area contributed by atoms with Gasteiger partial charge >= 0.3 is 12.2 Å². The minimum absolute atomic E-state index is 0.0665. The van der Waals surface area contributed by atoms with E-state index in [1.54, 1.807) is 4.90 Å². The standard InChI is InChI=1S/C21H21F3N6O3/c22-21(23,24)13-5-3-4-12(8-13)14-9-26-19(25)28-18(14)15-6-1-2-7-30(15)17(32)11-29-10-16(31)27-20(29)33/h3-5,8-9,15H,1-2,6-7,10-11H2,(H2,25,26,28)(H,27,31,33)/t15-/m0/s1. The van der Waals surface area contributed by atoms with Crippen LogP contribution in [0.1, 0.15) is 36.6 Å². The number of imide groups is 1. The van der Waals surface area contributed by atoms with Gasteiger partial charge in [0.05, 0.1) is 17.3 Å². The van der Waals surface area contributed by atoms with Crippen molar-refractivity contribution in [2.45, 2.75) is 31.5 Å². The van der Waals surface area contributed by atoms with Crippen molar-refractivity contribution in [3.63, 3.8) is 0 Å². The number of hydrogen-bond acceptors (Lipinski definition) is 6. The molecule has 2 fully saturated rings. The molecule has 0 unspecified atom stereocenters. The lowest BCUT2D eigenvalue weighted by molar-refractivity contribution is -0.137. The summed E-state index contributed by atoms with van der Waals surface area (Å²) < 4.78 is 39.8. The number of nitrogen functional groups attached to an aromatic ring is 1. The van der Waals surface area contributed by atoms with Crippen molar-refractivity contribution in [1.29, 1.82) is 0 Å². The van der Waals surface area contributed by atoms with Gasteiger partial charge in [-0.2, -0.15) is 13.2 Å². The lowest BCUT2D eigenvalue weighted by Gasteiger charge is -2.37. The number of nitrogens with one attached hydrogen (secondary N) is 1. The smallest absolute Gasteiger partial charge is 0.368 e. The lowest BCUT2D eigenvalue weighted by Crippen LogP contribution is -2.45. The zero-order chi connectivity index (χ0) is 23.8. The van der Waals surface area contributed by atoms with Crippen molar-refractivity contribution >= 4 is 23.8 Å². The number of amides is 4. The van der Waals surface area contributed by atoms with Crippen molar-refractivity contribution in [3.05, 3.63) is 41.7 Å². The molecule has 0 aliphatic carbocycles. The zero-order valence-electron chi connectivity index (χ0n) is 17.4. The SMILES string of the molecule is Nc1ncc(-c2cccc(C(F)(F)F)c2)c([C@@H]2CCCCN2C(=O)CN2CC(=O)NC2=O)n1. The molecule has 2 aromatic rings. The number of piperidine rings is 1. The number of alkyl halides is 3. The van der Waals surface area contributed by atoms with Crippen molar-refractivity contribution in [2.24, 2.45) is 0 Å². The molecule has 3 N–H and O–H groups in total. The molecule has 4 amide bonds. The maximum Gasteiger partial charge on any atom is 0.416 e. The van der Waals surface area contributed by atoms with Crippen LogP contribution in [0, 0.1) is 0 Å². The first-order valence-electron chi connectivity index (χ1n) is 10.3. The highest BCUT2D eigenvalue weighted by Crippen LogP contribution is 2.38. The van der Waals surface area contributed by atoms with Crippen LogP contribution in [-0.2, 0) is 15.8 Å². The molecule has 33 heavy (non-hydrogen) atoms. The number of aromatic nitrogens is 2. The molecule has 1 aromatic heterocycles. The van der Waals surface area contributed by atoms with Gasteiger partial charge in [0.25, 0.3) is 0 Å². The van der Waals surface area contributed by atoms with Crippen molar-refractivity contribution < 1.29 is 27.6 Å². The summed E-state index contributed by atoms with van der Waals surface area (Å²) in [7, 11) is 0. The van der Waals surface area contributed by atoms with Gasteiger partial charge in [-0.3, -0.25) is 14.9 Å². The highest BCUT2D eigenvalue weighted by molar-refractivity contribution is 6.03. The Hall–Kier alpha value is -3.70. The Bertz CT molecular complexity index is 1110. The van der Waals surface area contributed by atoms with Crippen LogP contribution in [0.4, 0.5) is 23.9 Å². The summed E-state index contributed by atoms with van der Waals surface area (Å²) in [4.78, 5) is 47.3. The minimum Gasteiger partial charge on any atom is -0.368 e. The normalized spacial score (nSPS) is 19.1. The summed E-state index contributed by atoms with van der Waals surface area (Å²) in [6.07, 6.45) is -1.17. The molecule has 0 bridgehead atoms. The number of rotatable bonds is 4. The van der Waals surface area contributed by atoms with Crippen LogP contribution in [0.5, 0.6) is 0 Å². The van der Waals surface area contributed by atoms with Gasteiger partial charge in [-0.25, -0.2) is 14.8 Å². The van der Waals surface area contributed by atoms with E-state index >= 15 is 0 Å². The summed E-state index contributed by atoms with van der Waals surface area (Å²) in [5.41, 5.74) is 5.92.